The van der Waals surface area contributed by atoms with Crippen molar-refractivity contribution < 1.29 is 18.7 Å². The minimum Gasteiger partial charge on any atom is -0.507 e. The normalized spacial score (nSPS) is 13.0. The monoisotopic (exact) mass is 419 g/mol. The van der Waals surface area contributed by atoms with Crippen LogP contribution in [0, 0.1) is 0 Å². The maximum atomic E-state index is 10.9. The number of nitrogens with zero attached hydrogens (tertiary/aromatic N) is 1. The number of aromatic hydroxyl groups is 1. The number of phenolic OH excluding ortho intramolecular Hbond substituents is 1. The average Bonchev–Trinajstić information content (AvgIpc) is 3.07. The molecule has 160 valence electrons. The van der Waals surface area contributed by atoms with E-state index in [0.29, 0.717) is 24.7 Å². The smallest absolute Gasteiger partial charge is 0.197 e. The fourth-order valence-corrected chi connectivity index (χ4v) is 3.97. The van der Waals surface area contributed by atoms with Gasteiger partial charge in [-0.25, -0.2) is 0 Å². The lowest BCUT2D eigenvalue weighted by atomic mass is 9.78. The maximum Gasteiger partial charge on any atom is 0.197 e. The van der Waals surface area contributed by atoms with Crippen LogP contribution in [0.15, 0.2) is 28.5 Å². The van der Waals surface area contributed by atoms with Gasteiger partial charge in [0.15, 0.2) is 14.1 Å². The van der Waals surface area contributed by atoms with Crippen molar-refractivity contribution in [1.29, 1.82) is 0 Å². The van der Waals surface area contributed by atoms with E-state index in [-0.39, 0.29) is 10.8 Å². The molecule has 6 heteroatoms. The Kier molecular flexibility index (Phi) is 7.67. The Morgan fingerprint density at radius 2 is 1.48 bits per heavy atom. The van der Waals surface area contributed by atoms with Gasteiger partial charge in [-0.3, -0.25) is 0 Å². The molecule has 0 atom stereocenters. The van der Waals surface area contributed by atoms with Crippen molar-refractivity contribution in [3.8, 4) is 17.0 Å². The van der Waals surface area contributed by atoms with E-state index in [1.54, 1.807) is 0 Å². The van der Waals surface area contributed by atoms with Crippen LogP contribution in [0.5, 0.6) is 5.75 Å². The van der Waals surface area contributed by atoms with Crippen LogP contribution in [-0.4, -0.2) is 23.5 Å². The van der Waals surface area contributed by atoms with Crippen LogP contribution in [0.1, 0.15) is 72.3 Å². The Balaban J connectivity index is 2.43. The summed E-state index contributed by atoms with van der Waals surface area (Å²) < 4.78 is 16.7. The van der Waals surface area contributed by atoms with Gasteiger partial charge in [-0.2, -0.15) is 0 Å². The van der Waals surface area contributed by atoms with Crippen molar-refractivity contribution in [2.24, 2.45) is 0 Å². The molecule has 0 unspecified atom stereocenters. The van der Waals surface area contributed by atoms with E-state index in [1.165, 1.54) is 0 Å². The molecule has 2 aromatic rings. The summed E-state index contributed by atoms with van der Waals surface area (Å²) in [5.74, 6) is 2.87. The molecule has 1 N–H and O–H groups in total. The van der Waals surface area contributed by atoms with Crippen LogP contribution < -0.4 is 0 Å². The molecule has 29 heavy (non-hydrogen) atoms. The second-order valence-corrected chi connectivity index (χ2v) is 10.4. The molecule has 0 fully saturated rings. The first-order chi connectivity index (χ1) is 13.5. The third kappa shape index (κ3) is 6.15. The van der Waals surface area contributed by atoms with Crippen LogP contribution in [0.2, 0.25) is 0 Å². The molecule has 0 bridgehead atoms. The Hall–Kier alpha value is -1.68. The zero-order chi connectivity index (χ0) is 21.8. The lowest BCUT2D eigenvalue weighted by Gasteiger charge is -2.28. The first kappa shape index (κ1) is 23.6. The molecule has 2 rings (SSSR count). The SMILES string of the molecule is CCOP(/C=C/c1cc(-c2cc(C(C)(C)C)c(O)c(C(C)(C)C)c2)no1)OCC. The Morgan fingerprint density at radius 3 is 1.93 bits per heavy atom. The Labute approximate surface area is 176 Å². The zero-order valence-electron chi connectivity index (χ0n) is 18.9. The molecule has 0 radical (unpaired) electrons. The fourth-order valence-electron chi connectivity index (χ4n) is 2.94. The lowest BCUT2D eigenvalue weighted by Crippen LogP contribution is -2.17. The first-order valence-electron chi connectivity index (χ1n) is 10.1. The standard InChI is InChI=1S/C23H34NO4P/c1-9-26-29(27-10-2)12-11-17-15-20(24-28-17)16-13-18(22(3,4)5)21(25)19(14-16)23(6,7)8/h11-15,25H,9-10H2,1-8H3/b12-11+. The molecule has 0 saturated carbocycles. The van der Waals surface area contributed by atoms with Crippen LogP contribution >= 0.6 is 8.38 Å². The highest BCUT2D eigenvalue weighted by atomic mass is 31.2. The van der Waals surface area contributed by atoms with E-state index < -0.39 is 8.38 Å². The summed E-state index contributed by atoms with van der Waals surface area (Å²) in [5.41, 5.74) is 3.07. The number of hydrogen-bond acceptors (Lipinski definition) is 5. The van der Waals surface area contributed by atoms with Gasteiger partial charge in [0.2, 0.25) is 0 Å². The molecule has 1 aromatic carbocycles. The van der Waals surface area contributed by atoms with Gasteiger partial charge in [0.1, 0.15) is 11.4 Å². The lowest BCUT2D eigenvalue weighted by molar-refractivity contribution is 0.277. The van der Waals surface area contributed by atoms with Crippen molar-refractivity contribution in [2.75, 3.05) is 13.2 Å². The largest absolute Gasteiger partial charge is 0.507 e. The molecular formula is C23H34NO4P. The third-order valence-corrected chi connectivity index (χ3v) is 5.84. The Bertz CT molecular complexity index is 802. The van der Waals surface area contributed by atoms with Crippen molar-refractivity contribution in [3.05, 3.63) is 40.9 Å². The van der Waals surface area contributed by atoms with Gasteiger partial charge in [0.25, 0.3) is 0 Å². The fraction of sp³-hybridized carbons (Fsp3) is 0.522. The molecule has 5 nitrogen and oxygen atoms in total. The predicted molar refractivity (Wildman–Crippen MR) is 120 cm³/mol. The summed E-state index contributed by atoms with van der Waals surface area (Å²) in [6.07, 6.45) is 1.84. The van der Waals surface area contributed by atoms with E-state index in [1.807, 2.05) is 43.9 Å². The van der Waals surface area contributed by atoms with Gasteiger partial charge in [0.05, 0.1) is 13.2 Å². The van der Waals surface area contributed by atoms with E-state index in [0.717, 1.165) is 22.4 Å². The number of aromatic nitrogens is 1. The summed E-state index contributed by atoms with van der Waals surface area (Å²) in [6.45, 7) is 17.7. The van der Waals surface area contributed by atoms with Gasteiger partial charge in [-0.15, -0.1) is 0 Å². The van der Waals surface area contributed by atoms with E-state index in [9.17, 15) is 5.11 Å². The van der Waals surface area contributed by atoms with Gasteiger partial charge >= 0.3 is 0 Å². The summed E-state index contributed by atoms with van der Waals surface area (Å²) in [7, 11) is -1.08. The molecular weight excluding hydrogens is 385 g/mol. The quantitative estimate of drug-likeness (QED) is 0.490. The Morgan fingerprint density at radius 1 is 0.966 bits per heavy atom. The molecule has 1 aromatic heterocycles. The molecule has 0 amide bonds. The molecule has 0 aliphatic carbocycles. The number of hydrogen-bond donors (Lipinski definition) is 1. The van der Waals surface area contributed by atoms with Crippen molar-refractivity contribution in [3.63, 3.8) is 0 Å². The minimum atomic E-state index is -1.08. The number of rotatable bonds is 7. The zero-order valence-corrected chi connectivity index (χ0v) is 19.8. The highest BCUT2D eigenvalue weighted by Crippen LogP contribution is 2.42. The van der Waals surface area contributed by atoms with Crippen LogP contribution in [0.3, 0.4) is 0 Å². The van der Waals surface area contributed by atoms with Gasteiger partial charge in [-0.1, -0.05) is 46.7 Å². The highest BCUT2D eigenvalue weighted by Gasteiger charge is 2.27. The summed E-state index contributed by atoms with van der Waals surface area (Å²) in [5, 5.41) is 15.2. The van der Waals surface area contributed by atoms with Crippen LogP contribution in [-0.2, 0) is 19.9 Å². The van der Waals surface area contributed by atoms with Crippen LogP contribution in [0.25, 0.3) is 17.3 Å². The van der Waals surface area contributed by atoms with Gasteiger partial charge < -0.3 is 18.7 Å². The number of benzene rings is 1. The van der Waals surface area contributed by atoms with Crippen molar-refractivity contribution >= 4 is 14.5 Å². The van der Waals surface area contributed by atoms with E-state index >= 15 is 0 Å². The molecule has 0 aliphatic heterocycles. The van der Waals surface area contributed by atoms with E-state index in [4.69, 9.17) is 13.6 Å². The van der Waals surface area contributed by atoms with Gasteiger partial charge in [-0.05, 0) is 48.7 Å². The maximum absolute atomic E-state index is 10.9. The van der Waals surface area contributed by atoms with Crippen molar-refractivity contribution in [2.45, 2.75) is 66.2 Å². The third-order valence-electron chi connectivity index (χ3n) is 4.42. The topological polar surface area (TPSA) is 64.7 Å². The molecule has 0 spiro atoms. The summed E-state index contributed by atoms with van der Waals surface area (Å²) in [6, 6.07) is 5.90. The molecule has 0 saturated heterocycles. The second-order valence-electron chi connectivity index (χ2n) is 8.97. The minimum absolute atomic E-state index is 0.197. The molecule has 1 heterocycles. The van der Waals surface area contributed by atoms with Crippen LogP contribution in [0.4, 0.5) is 0 Å². The van der Waals surface area contributed by atoms with Gasteiger partial charge in [0, 0.05) is 22.8 Å². The summed E-state index contributed by atoms with van der Waals surface area (Å²) in [4.78, 5) is 0. The first-order valence-corrected chi connectivity index (χ1v) is 11.3. The molecule has 0 aliphatic rings. The van der Waals surface area contributed by atoms with E-state index in [2.05, 4.69) is 46.7 Å². The number of phenols is 1. The summed E-state index contributed by atoms with van der Waals surface area (Å²) >= 11 is 0. The predicted octanol–water partition coefficient (Wildman–Crippen LogP) is 7.00. The highest BCUT2D eigenvalue weighted by molar-refractivity contribution is 7.51. The second kappa shape index (κ2) is 9.42. The average molecular weight is 420 g/mol. The van der Waals surface area contributed by atoms with Crippen molar-refractivity contribution in [1.82, 2.24) is 5.16 Å².